The zero-order valence-corrected chi connectivity index (χ0v) is 18.5. The lowest BCUT2D eigenvalue weighted by molar-refractivity contribution is -0.117. The molecule has 4 rings (SSSR count). The van der Waals surface area contributed by atoms with E-state index in [0.29, 0.717) is 13.2 Å². The minimum atomic E-state index is 0.0272. The maximum atomic E-state index is 12.8. The van der Waals surface area contributed by atoms with Crippen molar-refractivity contribution in [2.45, 2.75) is 32.5 Å². The van der Waals surface area contributed by atoms with E-state index in [1.807, 2.05) is 61.5 Å². The lowest BCUT2D eigenvalue weighted by atomic mass is 10.1. The van der Waals surface area contributed by atoms with E-state index in [1.165, 1.54) is 11.1 Å². The molecule has 0 saturated heterocycles. The molecule has 0 bridgehead atoms. The summed E-state index contributed by atoms with van der Waals surface area (Å²) < 4.78 is 5.82. The quantitative estimate of drug-likeness (QED) is 0.410. The average molecular weight is 424 g/mol. The maximum absolute atomic E-state index is 12.8. The van der Waals surface area contributed by atoms with Gasteiger partial charge in [-0.3, -0.25) is 4.79 Å². The molecular formula is C29H29NO2. The summed E-state index contributed by atoms with van der Waals surface area (Å²) in [5, 5.41) is 3.08. The summed E-state index contributed by atoms with van der Waals surface area (Å²) in [7, 11) is 0. The van der Waals surface area contributed by atoms with Crippen molar-refractivity contribution in [3.8, 4) is 0 Å². The number of carbonyl (C=O) groups excluding carboxylic acids is 1. The van der Waals surface area contributed by atoms with E-state index in [4.69, 9.17) is 4.74 Å². The monoisotopic (exact) mass is 423 g/mol. The van der Waals surface area contributed by atoms with Crippen LogP contribution in [-0.2, 0) is 22.7 Å². The van der Waals surface area contributed by atoms with Gasteiger partial charge < -0.3 is 10.1 Å². The van der Waals surface area contributed by atoms with E-state index in [0.717, 1.165) is 28.8 Å². The average Bonchev–Trinajstić information content (AvgIpc) is 3.62. The van der Waals surface area contributed by atoms with Gasteiger partial charge in [0.15, 0.2) is 0 Å². The van der Waals surface area contributed by atoms with Crippen molar-refractivity contribution in [2.24, 2.45) is 5.92 Å². The van der Waals surface area contributed by atoms with E-state index in [2.05, 4.69) is 48.3 Å². The van der Waals surface area contributed by atoms with Crippen LogP contribution in [0.15, 0.2) is 85.5 Å². The molecule has 3 heteroatoms. The number of anilines is 1. The van der Waals surface area contributed by atoms with Gasteiger partial charge in [0.2, 0.25) is 5.91 Å². The van der Waals surface area contributed by atoms with E-state index in [9.17, 15) is 4.79 Å². The van der Waals surface area contributed by atoms with Gasteiger partial charge in [-0.2, -0.15) is 0 Å². The summed E-state index contributed by atoms with van der Waals surface area (Å²) in [5.41, 5.74) is 6.47. The van der Waals surface area contributed by atoms with Crippen LogP contribution in [0, 0.1) is 5.92 Å². The third kappa shape index (κ3) is 5.43. The minimum Gasteiger partial charge on any atom is -0.372 e. The van der Waals surface area contributed by atoms with Crippen LogP contribution < -0.4 is 5.32 Å². The van der Waals surface area contributed by atoms with Gasteiger partial charge in [-0.05, 0) is 59.2 Å². The molecule has 3 aromatic rings. The van der Waals surface area contributed by atoms with Crippen LogP contribution >= 0.6 is 0 Å². The highest BCUT2D eigenvalue weighted by Gasteiger charge is 2.43. The summed E-state index contributed by atoms with van der Waals surface area (Å²) in [6.45, 7) is 7.02. The van der Waals surface area contributed by atoms with Crippen molar-refractivity contribution in [3.05, 3.63) is 113 Å². The number of nitrogens with one attached hydrogen (secondary N) is 1. The molecule has 1 fully saturated rings. The van der Waals surface area contributed by atoms with Crippen LogP contribution in [0.2, 0.25) is 0 Å². The third-order valence-corrected chi connectivity index (χ3v) is 5.84. The predicted octanol–water partition coefficient (Wildman–Crippen LogP) is 6.82. The molecule has 0 aromatic heterocycles. The SMILES string of the molecule is C=Cc1ccc(NC(=O)C2C[C@H]2c2ccc(COCc3ccccc3)cc2)cc1/C=C\C. The molecule has 1 saturated carbocycles. The zero-order valence-electron chi connectivity index (χ0n) is 18.5. The van der Waals surface area contributed by atoms with Crippen LogP contribution in [0.5, 0.6) is 0 Å². The molecule has 32 heavy (non-hydrogen) atoms. The third-order valence-electron chi connectivity index (χ3n) is 5.84. The lowest BCUT2D eigenvalue weighted by Gasteiger charge is -2.09. The Bertz CT molecular complexity index is 1100. The van der Waals surface area contributed by atoms with Gasteiger partial charge in [0.25, 0.3) is 0 Å². The second-order valence-electron chi connectivity index (χ2n) is 8.21. The molecule has 0 spiro atoms. The fourth-order valence-electron chi connectivity index (χ4n) is 3.97. The molecular weight excluding hydrogens is 394 g/mol. The van der Waals surface area contributed by atoms with Crippen LogP contribution in [0.3, 0.4) is 0 Å². The minimum absolute atomic E-state index is 0.0272. The van der Waals surface area contributed by atoms with Gasteiger partial charge in [0, 0.05) is 11.6 Å². The molecule has 1 unspecified atom stereocenters. The number of ether oxygens (including phenoxy) is 1. The van der Waals surface area contributed by atoms with Crippen LogP contribution in [0.1, 0.15) is 47.1 Å². The molecule has 1 aliphatic carbocycles. The second kappa shape index (κ2) is 10.3. The molecule has 0 heterocycles. The first kappa shape index (κ1) is 21.8. The van der Waals surface area contributed by atoms with Crippen LogP contribution in [0.4, 0.5) is 5.69 Å². The van der Waals surface area contributed by atoms with Crippen molar-refractivity contribution in [1.82, 2.24) is 0 Å². The van der Waals surface area contributed by atoms with E-state index >= 15 is 0 Å². The van der Waals surface area contributed by atoms with Gasteiger partial charge in [0.1, 0.15) is 0 Å². The topological polar surface area (TPSA) is 38.3 Å². The normalized spacial score (nSPS) is 17.3. The van der Waals surface area contributed by atoms with E-state index < -0.39 is 0 Å². The molecule has 0 radical (unpaired) electrons. The summed E-state index contributed by atoms with van der Waals surface area (Å²) in [4.78, 5) is 12.8. The Hall–Kier alpha value is -3.43. The first-order valence-corrected chi connectivity index (χ1v) is 11.1. The Balaban J connectivity index is 1.30. The Morgan fingerprint density at radius 3 is 2.41 bits per heavy atom. The molecule has 3 aromatic carbocycles. The molecule has 2 atom stereocenters. The summed E-state index contributed by atoms with van der Waals surface area (Å²) >= 11 is 0. The fraction of sp³-hybridized carbons (Fsp3) is 0.207. The summed E-state index contributed by atoms with van der Waals surface area (Å²) in [6.07, 6.45) is 6.73. The largest absolute Gasteiger partial charge is 0.372 e. The van der Waals surface area contributed by atoms with Crippen molar-refractivity contribution in [3.63, 3.8) is 0 Å². The smallest absolute Gasteiger partial charge is 0.228 e. The number of amides is 1. The van der Waals surface area contributed by atoms with Crippen molar-refractivity contribution in [2.75, 3.05) is 5.32 Å². The second-order valence-corrected chi connectivity index (χ2v) is 8.21. The Labute approximate surface area is 190 Å². The zero-order chi connectivity index (χ0) is 22.3. The number of hydrogen-bond donors (Lipinski definition) is 1. The highest BCUT2D eigenvalue weighted by molar-refractivity contribution is 5.95. The lowest BCUT2D eigenvalue weighted by Crippen LogP contribution is -2.14. The molecule has 162 valence electrons. The Morgan fingerprint density at radius 2 is 1.72 bits per heavy atom. The molecule has 0 aliphatic heterocycles. The fourth-order valence-corrected chi connectivity index (χ4v) is 3.97. The van der Waals surface area contributed by atoms with Crippen LogP contribution in [-0.4, -0.2) is 5.91 Å². The molecule has 3 nitrogen and oxygen atoms in total. The van der Waals surface area contributed by atoms with Crippen LogP contribution in [0.25, 0.3) is 12.2 Å². The van der Waals surface area contributed by atoms with E-state index in [1.54, 1.807) is 0 Å². The highest BCUT2D eigenvalue weighted by Crippen LogP contribution is 2.48. The summed E-state index contributed by atoms with van der Waals surface area (Å²) in [6, 6.07) is 24.6. The van der Waals surface area contributed by atoms with E-state index in [-0.39, 0.29) is 17.7 Å². The predicted molar refractivity (Wildman–Crippen MR) is 132 cm³/mol. The molecule has 1 aliphatic rings. The standard InChI is InChI=1S/C29H29NO2/c1-3-8-25-17-26(16-15-23(25)4-2)30-29(31)28-18-27(28)24-13-11-22(12-14-24)20-32-19-21-9-6-5-7-10-21/h3-17,27-28H,2,18-20H2,1H3,(H,30,31)/b8-3-/t27-,28?/m0/s1. The van der Waals surface area contributed by atoms with Gasteiger partial charge in [-0.15, -0.1) is 0 Å². The van der Waals surface area contributed by atoms with Crippen molar-refractivity contribution >= 4 is 23.7 Å². The van der Waals surface area contributed by atoms with Gasteiger partial charge >= 0.3 is 0 Å². The Morgan fingerprint density at radius 1 is 1.00 bits per heavy atom. The molecule has 1 N–H and O–H groups in total. The Kier molecular flexibility index (Phi) is 6.98. The number of rotatable bonds is 9. The van der Waals surface area contributed by atoms with Gasteiger partial charge in [-0.1, -0.05) is 85.5 Å². The molecule has 1 amide bonds. The number of allylic oxidation sites excluding steroid dienone is 1. The van der Waals surface area contributed by atoms with Gasteiger partial charge in [0.05, 0.1) is 13.2 Å². The summed E-state index contributed by atoms with van der Waals surface area (Å²) in [5.74, 6) is 0.402. The number of benzene rings is 3. The maximum Gasteiger partial charge on any atom is 0.228 e. The number of carbonyl (C=O) groups is 1. The van der Waals surface area contributed by atoms with Crippen molar-refractivity contribution in [1.29, 1.82) is 0 Å². The highest BCUT2D eigenvalue weighted by atomic mass is 16.5. The van der Waals surface area contributed by atoms with Crippen molar-refractivity contribution < 1.29 is 9.53 Å². The first-order chi connectivity index (χ1) is 15.7. The first-order valence-electron chi connectivity index (χ1n) is 11.1. The van der Waals surface area contributed by atoms with Gasteiger partial charge in [-0.25, -0.2) is 0 Å². The number of hydrogen-bond acceptors (Lipinski definition) is 2.